The predicted molar refractivity (Wildman–Crippen MR) is 340 cm³/mol. The molecule has 0 aromatic carbocycles. The van der Waals surface area contributed by atoms with Gasteiger partial charge in [0.25, 0.3) is 0 Å². The van der Waals surface area contributed by atoms with Crippen molar-refractivity contribution in [3.8, 4) is 0 Å². The zero-order chi connectivity index (χ0) is 56.4. The first-order chi connectivity index (χ1) is 38.5. The first kappa shape index (κ1) is 75.9. The third-order valence-electron chi connectivity index (χ3n) is 16.2. The molecule has 0 radical (unpaired) electrons. The van der Waals surface area contributed by atoms with Crippen LogP contribution in [0, 0.1) is 0 Å². The van der Waals surface area contributed by atoms with Crippen molar-refractivity contribution in [3.63, 3.8) is 0 Å². The zero-order valence-corrected chi connectivity index (χ0v) is 53.0. The fraction of sp³-hybridized carbons (Fsp3) is 0.903. The summed E-state index contributed by atoms with van der Waals surface area (Å²) >= 11 is 0. The van der Waals surface area contributed by atoms with E-state index in [1.54, 1.807) is 0 Å². The molecule has 78 heavy (non-hydrogen) atoms. The predicted octanol–water partition coefficient (Wildman–Crippen LogP) is 24.2. The van der Waals surface area contributed by atoms with Gasteiger partial charge in [0.2, 0.25) is 0 Å². The Bertz CT molecular complexity index is 1260. The summed E-state index contributed by atoms with van der Waals surface area (Å²) in [6, 6.07) is 0. The van der Waals surface area contributed by atoms with Crippen molar-refractivity contribution >= 4 is 17.9 Å². The van der Waals surface area contributed by atoms with Crippen LogP contribution in [-0.4, -0.2) is 37.2 Å². The van der Waals surface area contributed by atoms with Crippen LogP contribution in [0.5, 0.6) is 0 Å². The highest BCUT2D eigenvalue weighted by molar-refractivity contribution is 5.71. The van der Waals surface area contributed by atoms with Gasteiger partial charge in [-0.1, -0.05) is 334 Å². The minimum Gasteiger partial charge on any atom is -0.462 e. The second-order valence-corrected chi connectivity index (χ2v) is 24.1. The number of esters is 3. The number of allylic oxidation sites excluding steroid dienone is 4. The van der Waals surface area contributed by atoms with Gasteiger partial charge in [0.15, 0.2) is 6.10 Å². The highest BCUT2D eigenvalue weighted by Gasteiger charge is 2.19. The van der Waals surface area contributed by atoms with Gasteiger partial charge in [-0.15, -0.1) is 0 Å². The Balaban J connectivity index is 4.30. The number of unbranched alkanes of at least 4 members (excludes halogenated alkanes) is 51. The lowest BCUT2D eigenvalue weighted by Crippen LogP contribution is -2.30. The standard InChI is InChI=1S/C72H136O6/c1-4-7-10-13-16-19-22-25-28-31-34-35-36-37-39-41-44-47-50-53-56-59-62-65-71(74)77-68-69(67-76-70(73)64-61-58-55-52-49-46-43-40-33-30-27-24-21-18-15-12-9-6-3)78-72(75)66-63-60-57-54-51-48-45-42-38-32-29-26-23-20-17-14-11-8-5-2/h30-31,33-34,69H,4-29,32,35-68H2,1-3H3/b33-30-,34-31-. The minimum atomic E-state index is -0.771. The summed E-state index contributed by atoms with van der Waals surface area (Å²) in [6.45, 7) is 6.72. The van der Waals surface area contributed by atoms with Crippen LogP contribution in [-0.2, 0) is 28.6 Å². The van der Waals surface area contributed by atoms with E-state index in [1.165, 1.54) is 302 Å². The zero-order valence-electron chi connectivity index (χ0n) is 53.0. The minimum absolute atomic E-state index is 0.0674. The molecular weight excluding hydrogens is 961 g/mol. The van der Waals surface area contributed by atoms with E-state index >= 15 is 0 Å². The highest BCUT2D eigenvalue weighted by Crippen LogP contribution is 2.18. The van der Waals surface area contributed by atoms with Crippen LogP contribution >= 0.6 is 0 Å². The molecule has 0 N–H and O–H groups in total. The summed E-state index contributed by atoms with van der Waals surface area (Å²) in [7, 11) is 0. The quantitative estimate of drug-likeness (QED) is 0.0261. The van der Waals surface area contributed by atoms with Crippen molar-refractivity contribution in [1.29, 1.82) is 0 Å². The molecular formula is C72H136O6. The maximum atomic E-state index is 13.0. The highest BCUT2D eigenvalue weighted by atomic mass is 16.6. The van der Waals surface area contributed by atoms with E-state index in [1.807, 2.05) is 0 Å². The van der Waals surface area contributed by atoms with Crippen LogP contribution < -0.4 is 0 Å². The molecule has 460 valence electrons. The number of hydrogen-bond donors (Lipinski definition) is 0. The molecule has 1 atom stereocenters. The molecule has 6 heteroatoms. The topological polar surface area (TPSA) is 78.9 Å². The molecule has 0 aliphatic rings. The summed E-state index contributed by atoms with van der Waals surface area (Å²) in [6.07, 6.45) is 82.0. The van der Waals surface area contributed by atoms with Crippen molar-refractivity contribution < 1.29 is 28.6 Å². The summed E-state index contributed by atoms with van der Waals surface area (Å²) in [5, 5.41) is 0. The number of carbonyl (C=O) groups excluding carboxylic acids is 3. The molecule has 0 saturated carbocycles. The first-order valence-corrected chi connectivity index (χ1v) is 35.3. The molecule has 0 fully saturated rings. The molecule has 6 nitrogen and oxygen atoms in total. The third-order valence-corrected chi connectivity index (χ3v) is 16.2. The van der Waals surface area contributed by atoms with Gasteiger partial charge < -0.3 is 14.2 Å². The molecule has 0 saturated heterocycles. The Morgan fingerprint density at radius 2 is 0.423 bits per heavy atom. The SMILES string of the molecule is CCCCCCCCC/C=C\CCCCCCCCCC(=O)OCC(COC(=O)CCCCCCCCCCCCC/C=C\CCCCCCCCCC)OC(=O)CCCCCCCCCCCCCCCCCCCCC. The maximum absolute atomic E-state index is 13.0. The van der Waals surface area contributed by atoms with Crippen LogP contribution in [0.25, 0.3) is 0 Å². The molecule has 0 bridgehead atoms. The third kappa shape index (κ3) is 64.7. The largest absolute Gasteiger partial charge is 0.462 e. The normalized spacial score (nSPS) is 12.1. The van der Waals surface area contributed by atoms with Gasteiger partial charge in [-0.3, -0.25) is 14.4 Å². The van der Waals surface area contributed by atoms with Crippen molar-refractivity contribution in [2.24, 2.45) is 0 Å². The molecule has 0 aromatic rings. The molecule has 1 unspecified atom stereocenters. The second-order valence-electron chi connectivity index (χ2n) is 24.1. The Labute approximate surface area is 487 Å². The van der Waals surface area contributed by atoms with Gasteiger partial charge in [-0.2, -0.15) is 0 Å². The van der Waals surface area contributed by atoms with E-state index in [4.69, 9.17) is 14.2 Å². The van der Waals surface area contributed by atoms with Crippen molar-refractivity contribution in [2.75, 3.05) is 13.2 Å². The Morgan fingerprint density at radius 3 is 0.641 bits per heavy atom. The average molecular weight is 1100 g/mol. The lowest BCUT2D eigenvalue weighted by atomic mass is 10.0. The van der Waals surface area contributed by atoms with E-state index in [9.17, 15) is 14.4 Å². The molecule has 0 rings (SSSR count). The first-order valence-electron chi connectivity index (χ1n) is 35.3. The van der Waals surface area contributed by atoms with Gasteiger partial charge in [0, 0.05) is 19.3 Å². The number of carbonyl (C=O) groups is 3. The smallest absolute Gasteiger partial charge is 0.306 e. The van der Waals surface area contributed by atoms with Crippen LogP contribution in [0.15, 0.2) is 24.3 Å². The van der Waals surface area contributed by atoms with E-state index < -0.39 is 6.10 Å². The van der Waals surface area contributed by atoms with Gasteiger partial charge in [-0.05, 0) is 70.6 Å². The second kappa shape index (κ2) is 67.4. The summed E-state index contributed by atoms with van der Waals surface area (Å²) in [5.74, 6) is -0.839. The number of rotatable bonds is 66. The van der Waals surface area contributed by atoms with Crippen LogP contribution in [0.2, 0.25) is 0 Å². The van der Waals surface area contributed by atoms with E-state index in [-0.39, 0.29) is 31.1 Å². The fourth-order valence-corrected chi connectivity index (χ4v) is 10.8. The van der Waals surface area contributed by atoms with E-state index in [0.717, 1.165) is 57.8 Å². The number of ether oxygens (including phenoxy) is 3. The fourth-order valence-electron chi connectivity index (χ4n) is 10.8. The molecule has 0 spiro atoms. The maximum Gasteiger partial charge on any atom is 0.306 e. The molecule has 0 heterocycles. The average Bonchev–Trinajstić information content (AvgIpc) is 3.44. The molecule has 0 aromatic heterocycles. The molecule has 0 amide bonds. The van der Waals surface area contributed by atoms with Gasteiger partial charge in [0.1, 0.15) is 13.2 Å². The van der Waals surface area contributed by atoms with Crippen LogP contribution in [0.4, 0.5) is 0 Å². The van der Waals surface area contributed by atoms with Gasteiger partial charge in [-0.25, -0.2) is 0 Å². The Morgan fingerprint density at radius 1 is 0.244 bits per heavy atom. The van der Waals surface area contributed by atoms with Crippen molar-refractivity contribution in [3.05, 3.63) is 24.3 Å². The lowest BCUT2D eigenvalue weighted by Gasteiger charge is -2.18. The Hall–Kier alpha value is -2.11. The number of hydrogen-bond acceptors (Lipinski definition) is 6. The summed E-state index contributed by atoms with van der Waals surface area (Å²) < 4.78 is 17.0. The van der Waals surface area contributed by atoms with Crippen LogP contribution in [0.3, 0.4) is 0 Å². The molecule has 0 aliphatic heterocycles. The molecule has 0 aliphatic carbocycles. The Kier molecular flexibility index (Phi) is 65.6. The summed E-state index contributed by atoms with van der Waals surface area (Å²) in [5.41, 5.74) is 0. The van der Waals surface area contributed by atoms with Crippen molar-refractivity contribution in [2.45, 2.75) is 406 Å². The van der Waals surface area contributed by atoms with Crippen molar-refractivity contribution in [1.82, 2.24) is 0 Å². The van der Waals surface area contributed by atoms with Crippen LogP contribution in [0.1, 0.15) is 400 Å². The van der Waals surface area contributed by atoms with E-state index in [0.29, 0.717) is 19.3 Å². The van der Waals surface area contributed by atoms with Gasteiger partial charge in [0.05, 0.1) is 0 Å². The van der Waals surface area contributed by atoms with E-state index in [2.05, 4.69) is 45.1 Å². The van der Waals surface area contributed by atoms with Gasteiger partial charge >= 0.3 is 17.9 Å². The monoisotopic (exact) mass is 1100 g/mol. The lowest BCUT2D eigenvalue weighted by molar-refractivity contribution is -0.167. The summed E-state index contributed by atoms with van der Waals surface area (Å²) in [4.78, 5) is 38.5.